The van der Waals surface area contributed by atoms with Gasteiger partial charge in [-0.3, -0.25) is 14.6 Å². The van der Waals surface area contributed by atoms with Crippen LogP contribution in [0.1, 0.15) is 17.9 Å². The molecule has 0 spiro atoms. The molecule has 0 radical (unpaired) electrons. The van der Waals surface area contributed by atoms with Crippen molar-refractivity contribution in [1.29, 1.82) is 0 Å². The second kappa shape index (κ2) is 7.70. The fourth-order valence-corrected chi connectivity index (χ4v) is 4.04. The lowest BCUT2D eigenvalue weighted by Crippen LogP contribution is -2.52. The van der Waals surface area contributed by atoms with Crippen LogP contribution in [0.3, 0.4) is 0 Å². The Hall–Kier alpha value is -2.38. The highest BCUT2D eigenvalue weighted by Gasteiger charge is 2.38. The number of para-hydroxylation sites is 2. The molecule has 2 aliphatic heterocycles. The summed E-state index contributed by atoms with van der Waals surface area (Å²) in [4.78, 5) is 19.6. The molecule has 1 aromatic heterocycles. The molecule has 0 N–H and O–H groups in total. The van der Waals surface area contributed by atoms with Crippen LogP contribution in [-0.4, -0.2) is 66.7 Å². The summed E-state index contributed by atoms with van der Waals surface area (Å²) in [7, 11) is 1.64. The third kappa shape index (κ3) is 3.70. The van der Waals surface area contributed by atoms with Crippen LogP contribution < -0.4 is 9.64 Å². The van der Waals surface area contributed by atoms with Gasteiger partial charge in [0.05, 0.1) is 31.1 Å². The number of piperazine rings is 1. The monoisotopic (exact) mass is 370 g/mol. The third-order valence-electron chi connectivity index (χ3n) is 5.46. The van der Waals surface area contributed by atoms with E-state index in [1.807, 2.05) is 42.2 Å². The standard InChI is InChI=1S/C20H26N4O3/c1-15-13-16(27-21-15)14-22-9-11-23(12-10-22)18-7-8-24(20(18)25)17-5-3-4-6-19(17)26-2/h3-6,13,18H,7-12,14H2,1-2H3. The summed E-state index contributed by atoms with van der Waals surface area (Å²) in [6.07, 6.45) is 0.859. The van der Waals surface area contributed by atoms with Crippen molar-refractivity contribution in [3.63, 3.8) is 0 Å². The largest absolute Gasteiger partial charge is 0.495 e. The first-order chi connectivity index (χ1) is 13.2. The first kappa shape index (κ1) is 18.0. The molecule has 2 fully saturated rings. The Labute approximate surface area is 159 Å². The number of ether oxygens (including phenoxy) is 1. The molecule has 7 heteroatoms. The molecule has 27 heavy (non-hydrogen) atoms. The van der Waals surface area contributed by atoms with E-state index in [2.05, 4.69) is 15.0 Å². The Morgan fingerprint density at radius 1 is 1.19 bits per heavy atom. The van der Waals surface area contributed by atoms with Crippen LogP contribution >= 0.6 is 0 Å². The van der Waals surface area contributed by atoms with E-state index in [1.165, 1.54) is 0 Å². The zero-order chi connectivity index (χ0) is 18.8. The minimum atomic E-state index is -0.0374. The van der Waals surface area contributed by atoms with Crippen LogP contribution in [0.2, 0.25) is 0 Å². The highest BCUT2D eigenvalue weighted by atomic mass is 16.5. The molecule has 1 unspecified atom stereocenters. The number of benzene rings is 1. The molecule has 7 nitrogen and oxygen atoms in total. The van der Waals surface area contributed by atoms with Crippen LogP contribution in [0.25, 0.3) is 0 Å². The maximum atomic E-state index is 13.0. The van der Waals surface area contributed by atoms with Crippen molar-refractivity contribution >= 4 is 11.6 Å². The highest BCUT2D eigenvalue weighted by molar-refractivity contribution is 6.00. The first-order valence-electron chi connectivity index (χ1n) is 9.48. The SMILES string of the molecule is COc1ccccc1N1CCC(N2CCN(Cc3cc(C)no3)CC2)C1=O. The Balaban J connectivity index is 1.36. The number of amides is 1. The quantitative estimate of drug-likeness (QED) is 0.801. The first-order valence-corrected chi connectivity index (χ1v) is 9.48. The molecule has 0 saturated carbocycles. The lowest BCUT2D eigenvalue weighted by molar-refractivity contribution is -0.122. The smallest absolute Gasteiger partial charge is 0.244 e. The molecule has 1 aromatic carbocycles. The lowest BCUT2D eigenvalue weighted by Gasteiger charge is -2.36. The number of nitrogens with zero attached hydrogens (tertiary/aromatic N) is 4. The molecule has 144 valence electrons. The fraction of sp³-hybridized carbons (Fsp3) is 0.500. The predicted molar refractivity (Wildman–Crippen MR) is 102 cm³/mol. The van der Waals surface area contributed by atoms with E-state index in [0.717, 1.165) is 68.6 Å². The molecular weight excluding hydrogens is 344 g/mol. The maximum Gasteiger partial charge on any atom is 0.244 e. The van der Waals surface area contributed by atoms with Gasteiger partial charge in [0.25, 0.3) is 0 Å². The number of aryl methyl sites for hydroxylation is 1. The number of carbonyl (C=O) groups excluding carboxylic acids is 1. The van der Waals surface area contributed by atoms with Gasteiger partial charge >= 0.3 is 0 Å². The van der Waals surface area contributed by atoms with Gasteiger partial charge in [-0.1, -0.05) is 17.3 Å². The van der Waals surface area contributed by atoms with Crippen molar-refractivity contribution in [3.05, 3.63) is 41.8 Å². The van der Waals surface area contributed by atoms with Crippen molar-refractivity contribution in [1.82, 2.24) is 15.0 Å². The minimum absolute atomic E-state index is 0.0374. The van der Waals surface area contributed by atoms with E-state index in [4.69, 9.17) is 9.26 Å². The van der Waals surface area contributed by atoms with Crippen molar-refractivity contribution in [2.45, 2.75) is 25.9 Å². The number of hydrogen-bond acceptors (Lipinski definition) is 6. The van der Waals surface area contributed by atoms with Gasteiger partial charge in [-0.15, -0.1) is 0 Å². The molecule has 2 aromatic rings. The lowest BCUT2D eigenvalue weighted by atomic mass is 10.1. The summed E-state index contributed by atoms with van der Waals surface area (Å²) < 4.78 is 10.7. The van der Waals surface area contributed by atoms with Gasteiger partial charge in [0.2, 0.25) is 5.91 Å². The van der Waals surface area contributed by atoms with E-state index in [0.29, 0.717) is 0 Å². The van der Waals surface area contributed by atoms with Gasteiger partial charge in [0.1, 0.15) is 5.75 Å². The molecule has 4 rings (SSSR count). The molecule has 1 atom stereocenters. The number of carbonyl (C=O) groups is 1. The molecule has 0 aliphatic carbocycles. The van der Waals surface area contributed by atoms with E-state index in [9.17, 15) is 4.79 Å². The van der Waals surface area contributed by atoms with Gasteiger partial charge in [-0.25, -0.2) is 0 Å². The van der Waals surface area contributed by atoms with E-state index < -0.39 is 0 Å². The molecule has 3 heterocycles. The van der Waals surface area contributed by atoms with Gasteiger partial charge in [-0.05, 0) is 25.5 Å². The third-order valence-corrected chi connectivity index (χ3v) is 5.46. The van der Waals surface area contributed by atoms with Crippen molar-refractivity contribution < 1.29 is 14.1 Å². The van der Waals surface area contributed by atoms with E-state index in [-0.39, 0.29) is 11.9 Å². The summed E-state index contributed by atoms with van der Waals surface area (Å²) >= 11 is 0. The van der Waals surface area contributed by atoms with Crippen LogP contribution in [-0.2, 0) is 11.3 Å². The zero-order valence-corrected chi connectivity index (χ0v) is 15.9. The number of hydrogen-bond donors (Lipinski definition) is 0. The van der Waals surface area contributed by atoms with Crippen LogP contribution in [0.4, 0.5) is 5.69 Å². The normalized spacial score (nSPS) is 21.8. The maximum absolute atomic E-state index is 13.0. The Morgan fingerprint density at radius 2 is 1.96 bits per heavy atom. The van der Waals surface area contributed by atoms with Gasteiger partial charge in [0.15, 0.2) is 5.76 Å². The average Bonchev–Trinajstić information content (AvgIpc) is 3.28. The summed E-state index contributed by atoms with van der Waals surface area (Å²) in [6.45, 7) is 7.09. The van der Waals surface area contributed by atoms with Crippen molar-refractivity contribution in [2.24, 2.45) is 0 Å². The Kier molecular flexibility index (Phi) is 5.13. The topological polar surface area (TPSA) is 62.1 Å². The molecular formula is C20H26N4O3. The zero-order valence-electron chi connectivity index (χ0n) is 15.9. The van der Waals surface area contributed by atoms with Crippen LogP contribution in [0.5, 0.6) is 5.75 Å². The average molecular weight is 370 g/mol. The van der Waals surface area contributed by atoms with Crippen molar-refractivity contribution in [3.8, 4) is 5.75 Å². The molecule has 2 saturated heterocycles. The van der Waals surface area contributed by atoms with E-state index in [1.54, 1.807) is 7.11 Å². The highest BCUT2D eigenvalue weighted by Crippen LogP contribution is 2.32. The second-order valence-corrected chi connectivity index (χ2v) is 7.21. The predicted octanol–water partition coefficient (Wildman–Crippen LogP) is 1.91. The van der Waals surface area contributed by atoms with Crippen LogP contribution in [0, 0.1) is 6.92 Å². The number of methoxy groups -OCH3 is 1. The van der Waals surface area contributed by atoms with Crippen molar-refractivity contribution in [2.75, 3.05) is 44.7 Å². The number of anilines is 1. The number of aromatic nitrogens is 1. The molecule has 1 amide bonds. The minimum Gasteiger partial charge on any atom is -0.495 e. The molecule has 2 aliphatic rings. The Bertz CT molecular complexity index is 798. The second-order valence-electron chi connectivity index (χ2n) is 7.21. The van der Waals surface area contributed by atoms with Gasteiger partial charge < -0.3 is 14.2 Å². The number of rotatable bonds is 5. The summed E-state index contributed by atoms with van der Waals surface area (Å²) in [6, 6.07) is 9.68. The fourth-order valence-electron chi connectivity index (χ4n) is 4.04. The summed E-state index contributed by atoms with van der Waals surface area (Å²) in [5.74, 6) is 1.83. The van der Waals surface area contributed by atoms with E-state index >= 15 is 0 Å². The van der Waals surface area contributed by atoms with Crippen LogP contribution in [0.15, 0.2) is 34.9 Å². The molecule has 0 bridgehead atoms. The Morgan fingerprint density at radius 3 is 2.67 bits per heavy atom. The van der Waals surface area contributed by atoms with Gasteiger partial charge in [0, 0.05) is 38.8 Å². The van der Waals surface area contributed by atoms with Gasteiger partial charge in [-0.2, -0.15) is 0 Å². The summed E-state index contributed by atoms with van der Waals surface area (Å²) in [5, 5.41) is 3.95. The summed E-state index contributed by atoms with van der Waals surface area (Å²) in [5.41, 5.74) is 1.78.